The van der Waals surface area contributed by atoms with Crippen molar-refractivity contribution >= 4 is 39.5 Å². The fourth-order valence-corrected chi connectivity index (χ4v) is 2.78. The summed E-state index contributed by atoms with van der Waals surface area (Å²) in [7, 11) is 0. The lowest BCUT2D eigenvalue weighted by atomic mass is 10.1. The van der Waals surface area contributed by atoms with Crippen LogP contribution in [0.1, 0.15) is 12.5 Å². The number of rotatable bonds is 3. The molecule has 0 heterocycles. The monoisotopic (exact) mass is 322 g/mol. The van der Waals surface area contributed by atoms with Gasteiger partial charge in [0.2, 0.25) is 0 Å². The predicted molar refractivity (Wildman–Crippen MR) is 101 cm³/mol. The van der Waals surface area contributed by atoms with Gasteiger partial charge in [-0.05, 0) is 48.5 Å². The molecular formula is C19H18N2OS. The quantitative estimate of drug-likeness (QED) is 0.599. The molecule has 0 unspecified atom stereocenters. The van der Waals surface area contributed by atoms with Crippen LogP contribution in [0.3, 0.4) is 0 Å². The summed E-state index contributed by atoms with van der Waals surface area (Å²) in [5, 5.41) is 18.6. The largest absolute Gasteiger partial charge is 0.507 e. The number of phenolic OH excluding ortho intramolecular Hbond substituents is 1. The molecule has 0 aliphatic carbocycles. The number of phenols is 1. The molecule has 23 heavy (non-hydrogen) atoms. The van der Waals surface area contributed by atoms with Gasteiger partial charge in [-0.1, -0.05) is 43.3 Å². The number of anilines is 2. The average molecular weight is 322 g/mol. The van der Waals surface area contributed by atoms with Crippen LogP contribution in [0, 0.1) is 0 Å². The van der Waals surface area contributed by atoms with E-state index in [-0.39, 0.29) is 5.75 Å². The Morgan fingerprint density at radius 1 is 0.957 bits per heavy atom. The molecule has 0 aromatic heterocycles. The summed E-state index contributed by atoms with van der Waals surface area (Å²) >= 11 is 5.41. The second kappa shape index (κ2) is 6.67. The Labute approximate surface area is 141 Å². The lowest BCUT2D eigenvalue weighted by molar-refractivity contribution is 0.481. The lowest BCUT2D eigenvalue weighted by Gasteiger charge is -2.13. The maximum absolute atomic E-state index is 9.95. The zero-order valence-electron chi connectivity index (χ0n) is 12.8. The minimum absolute atomic E-state index is 0.265. The third kappa shape index (κ3) is 3.43. The Kier molecular flexibility index (Phi) is 4.44. The van der Waals surface area contributed by atoms with Crippen LogP contribution in [-0.4, -0.2) is 10.2 Å². The molecule has 3 aromatic rings. The molecule has 3 rings (SSSR count). The molecule has 4 heteroatoms. The Morgan fingerprint density at radius 3 is 2.52 bits per heavy atom. The zero-order chi connectivity index (χ0) is 16.2. The summed E-state index contributed by atoms with van der Waals surface area (Å²) < 4.78 is 0. The van der Waals surface area contributed by atoms with E-state index < -0.39 is 0 Å². The molecule has 0 radical (unpaired) electrons. The van der Waals surface area contributed by atoms with E-state index in [9.17, 15) is 5.11 Å². The van der Waals surface area contributed by atoms with Gasteiger partial charge < -0.3 is 15.7 Å². The second-order valence-electron chi connectivity index (χ2n) is 5.31. The summed E-state index contributed by atoms with van der Waals surface area (Å²) in [5.41, 5.74) is 3.08. The van der Waals surface area contributed by atoms with Crippen molar-refractivity contribution in [1.29, 1.82) is 0 Å². The molecule has 0 spiro atoms. The number of benzene rings is 3. The van der Waals surface area contributed by atoms with Crippen LogP contribution in [-0.2, 0) is 6.42 Å². The molecule has 0 aliphatic heterocycles. The van der Waals surface area contributed by atoms with Gasteiger partial charge in [0.15, 0.2) is 5.11 Å². The molecule has 0 amide bonds. The van der Waals surface area contributed by atoms with E-state index in [4.69, 9.17) is 12.2 Å². The highest BCUT2D eigenvalue weighted by Crippen LogP contribution is 2.29. The number of aryl methyl sites for hydroxylation is 1. The van der Waals surface area contributed by atoms with E-state index in [0.29, 0.717) is 5.11 Å². The fourth-order valence-electron chi connectivity index (χ4n) is 2.56. The molecule has 3 N–H and O–H groups in total. The van der Waals surface area contributed by atoms with Crippen LogP contribution < -0.4 is 10.6 Å². The first-order chi connectivity index (χ1) is 11.2. The summed E-state index contributed by atoms with van der Waals surface area (Å²) in [5.74, 6) is 0.265. The van der Waals surface area contributed by atoms with Crippen LogP contribution in [0.5, 0.6) is 5.75 Å². The van der Waals surface area contributed by atoms with Gasteiger partial charge in [-0.25, -0.2) is 0 Å². The topological polar surface area (TPSA) is 44.3 Å². The Bertz CT molecular complexity index is 861. The van der Waals surface area contributed by atoms with E-state index >= 15 is 0 Å². The standard InChI is InChI=1S/C19H18N2OS/c1-2-13-6-3-7-14(12-13)20-19(23)21-17-10-4-9-16-15(17)8-5-11-18(16)22/h3-12,22H,2H2,1H3,(H2,20,21,23). The van der Waals surface area contributed by atoms with Crippen LogP contribution in [0.25, 0.3) is 10.8 Å². The van der Waals surface area contributed by atoms with Crippen molar-refractivity contribution in [3.63, 3.8) is 0 Å². The van der Waals surface area contributed by atoms with Crippen molar-refractivity contribution in [3.8, 4) is 5.75 Å². The van der Waals surface area contributed by atoms with Crippen molar-refractivity contribution in [2.45, 2.75) is 13.3 Å². The molecule has 3 nitrogen and oxygen atoms in total. The van der Waals surface area contributed by atoms with Gasteiger partial charge in [-0.2, -0.15) is 0 Å². The van der Waals surface area contributed by atoms with Gasteiger partial charge >= 0.3 is 0 Å². The smallest absolute Gasteiger partial charge is 0.175 e. The molecule has 0 saturated heterocycles. The predicted octanol–water partition coefficient (Wildman–Crippen LogP) is 4.92. The van der Waals surface area contributed by atoms with Gasteiger partial charge in [0, 0.05) is 22.1 Å². The Balaban J connectivity index is 1.82. The first-order valence-corrected chi connectivity index (χ1v) is 7.96. The van der Waals surface area contributed by atoms with Crippen molar-refractivity contribution in [2.24, 2.45) is 0 Å². The molecule has 0 saturated carbocycles. The molecule has 0 bridgehead atoms. The number of hydrogen-bond donors (Lipinski definition) is 3. The van der Waals surface area contributed by atoms with Gasteiger partial charge in [0.1, 0.15) is 5.75 Å². The van der Waals surface area contributed by atoms with E-state index in [1.165, 1.54) is 5.56 Å². The summed E-state index contributed by atoms with van der Waals surface area (Å²) in [4.78, 5) is 0. The van der Waals surface area contributed by atoms with E-state index in [1.54, 1.807) is 6.07 Å². The fraction of sp³-hybridized carbons (Fsp3) is 0.105. The SMILES string of the molecule is CCc1cccc(NC(=S)Nc2cccc3c(O)cccc23)c1. The molecular weight excluding hydrogens is 304 g/mol. The zero-order valence-corrected chi connectivity index (χ0v) is 13.7. The average Bonchev–Trinajstić information content (AvgIpc) is 2.56. The van der Waals surface area contributed by atoms with Gasteiger partial charge in [0.05, 0.1) is 0 Å². The van der Waals surface area contributed by atoms with Crippen molar-refractivity contribution in [2.75, 3.05) is 10.6 Å². The highest BCUT2D eigenvalue weighted by Gasteiger charge is 2.06. The van der Waals surface area contributed by atoms with E-state index in [1.807, 2.05) is 42.5 Å². The molecule has 116 valence electrons. The third-order valence-electron chi connectivity index (χ3n) is 3.74. The van der Waals surface area contributed by atoms with Gasteiger partial charge in [0.25, 0.3) is 0 Å². The molecule has 0 aliphatic rings. The first-order valence-electron chi connectivity index (χ1n) is 7.55. The summed E-state index contributed by atoms with van der Waals surface area (Å²) in [6.45, 7) is 2.12. The highest BCUT2D eigenvalue weighted by atomic mass is 32.1. The van der Waals surface area contributed by atoms with Crippen molar-refractivity contribution < 1.29 is 5.11 Å². The van der Waals surface area contributed by atoms with Gasteiger partial charge in [-0.15, -0.1) is 0 Å². The normalized spacial score (nSPS) is 10.5. The van der Waals surface area contributed by atoms with Crippen molar-refractivity contribution in [3.05, 3.63) is 66.2 Å². The number of thiocarbonyl (C=S) groups is 1. The summed E-state index contributed by atoms with van der Waals surface area (Å²) in [6, 6.07) is 19.4. The maximum Gasteiger partial charge on any atom is 0.175 e. The number of nitrogens with one attached hydrogen (secondary N) is 2. The first kappa shape index (κ1) is 15.3. The molecule has 0 fully saturated rings. The maximum atomic E-state index is 9.95. The van der Waals surface area contributed by atoms with Crippen molar-refractivity contribution in [1.82, 2.24) is 0 Å². The number of fused-ring (bicyclic) bond motifs is 1. The number of aromatic hydroxyl groups is 1. The number of hydrogen-bond acceptors (Lipinski definition) is 2. The molecule has 3 aromatic carbocycles. The Morgan fingerprint density at radius 2 is 1.70 bits per heavy atom. The van der Waals surface area contributed by atoms with Gasteiger partial charge in [-0.3, -0.25) is 0 Å². The molecule has 0 atom stereocenters. The van der Waals surface area contributed by atoms with E-state index in [2.05, 4.69) is 29.7 Å². The second-order valence-corrected chi connectivity index (χ2v) is 5.72. The van der Waals surface area contributed by atoms with Crippen LogP contribution in [0.4, 0.5) is 11.4 Å². The van der Waals surface area contributed by atoms with Crippen LogP contribution >= 0.6 is 12.2 Å². The highest BCUT2D eigenvalue weighted by molar-refractivity contribution is 7.80. The lowest BCUT2D eigenvalue weighted by Crippen LogP contribution is -2.19. The van der Waals surface area contributed by atoms with Crippen LogP contribution in [0.2, 0.25) is 0 Å². The van der Waals surface area contributed by atoms with E-state index in [0.717, 1.165) is 28.6 Å². The minimum atomic E-state index is 0.265. The third-order valence-corrected chi connectivity index (χ3v) is 3.94. The summed E-state index contributed by atoms with van der Waals surface area (Å²) in [6.07, 6.45) is 0.984. The Hall–Kier alpha value is -2.59. The minimum Gasteiger partial charge on any atom is -0.507 e. The van der Waals surface area contributed by atoms with Crippen LogP contribution in [0.15, 0.2) is 60.7 Å².